The predicted molar refractivity (Wildman–Crippen MR) is 53.2 cm³/mol. The van der Waals surface area contributed by atoms with Gasteiger partial charge < -0.3 is 10.4 Å². The molecule has 2 unspecified atom stereocenters. The van der Waals surface area contributed by atoms with Gasteiger partial charge in [0.2, 0.25) is 0 Å². The van der Waals surface area contributed by atoms with Gasteiger partial charge in [-0.15, -0.1) is 0 Å². The van der Waals surface area contributed by atoms with Crippen molar-refractivity contribution in [3.8, 4) is 0 Å². The Hall–Kier alpha value is -0.610. The fraction of sp³-hybridized carbons (Fsp3) is 0.900. The number of fused-ring (bicyclic) bond motifs is 1. The first-order valence-electron chi connectivity index (χ1n) is 5.40. The summed E-state index contributed by atoms with van der Waals surface area (Å²) in [6.07, 6.45) is 2.32. The topological polar surface area (TPSA) is 52.6 Å². The molecule has 0 bridgehead atoms. The van der Waals surface area contributed by atoms with Gasteiger partial charge in [-0.2, -0.15) is 0 Å². The molecule has 0 aromatic heterocycles. The summed E-state index contributed by atoms with van der Waals surface area (Å²) in [4.78, 5) is 12.6. The third-order valence-corrected chi connectivity index (χ3v) is 3.47. The number of carbonyl (C=O) groups is 1. The van der Waals surface area contributed by atoms with Gasteiger partial charge in [0.1, 0.15) is 0 Å². The van der Waals surface area contributed by atoms with E-state index in [1.54, 1.807) is 0 Å². The van der Waals surface area contributed by atoms with Gasteiger partial charge in [0, 0.05) is 0 Å². The highest BCUT2D eigenvalue weighted by molar-refractivity contribution is 5.69. The zero-order valence-electron chi connectivity index (χ0n) is 8.41. The summed E-state index contributed by atoms with van der Waals surface area (Å²) >= 11 is 0. The summed E-state index contributed by atoms with van der Waals surface area (Å²) in [6.45, 7) is 4.38. The van der Waals surface area contributed by atoms with E-state index in [-0.39, 0.29) is 6.54 Å². The predicted octanol–water partition coefficient (Wildman–Crippen LogP) is 0.00240. The van der Waals surface area contributed by atoms with Crippen LogP contribution in [0.15, 0.2) is 0 Å². The summed E-state index contributed by atoms with van der Waals surface area (Å²) in [5.41, 5.74) is 0. The fourth-order valence-electron chi connectivity index (χ4n) is 2.62. The Balaban J connectivity index is 1.86. The van der Waals surface area contributed by atoms with Crippen LogP contribution in [0.5, 0.6) is 0 Å². The Kier molecular flexibility index (Phi) is 3.03. The van der Waals surface area contributed by atoms with Crippen LogP contribution in [0.1, 0.15) is 12.8 Å². The standard InChI is InChI=1S/C10H18N2O2/c13-10(14)7-12-3-1-8-5-11-6-9(8)2-4-12/h8-9,11H,1-7H2,(H,13,14). The number of hydrogen-bond donors (Lipinski definition) is 2. The Morgan fingerprint density at radius 3 is 2.36 bits per heavy atom. The van der Waals surface area contributed by atoms with Crippen LogP contribution in [0.4, 0.5) is 0 Å². The summed E-state index contributed by atoms with van der Waals surface area (Å²) in [6, 6.07) is 0. The first-order valence-corrected chi connectivity index (χ1v) is 5.40. The minimum Gasteiger partial charge on any atom is -0.480 e. The van der Waals surface area contributed by atoms with E-state index in [4.69, 9.17) is 5.11 Å². The molecule has 0 aromatic carbocycles. The first kappa shape index (κ1) is 9.93. The Bertz CT molecular complexity index is 206. The maximum atomic E-state index is 10.6. The van der Waals surface area contributed by atoms with Crippen molar-refractivity contribution in [2.75, 3.05) is 32.7 Å². The van der Waals surface area contributed by atoms with Crippen molar-refractivity contribution in [2.24, 2.45) is 11.8 Å². The summed E-state index contributed by atoms with van der Waals surface area (Å²) in [5.74, 6) is 0.873. The number of carboxylic acids is 1. The Morgan fingerprint density at radius 2 is 1.86 bits per heavy atom. The molecule has 4 nitrogen and oxygen atoms in total. The summed E-state index contributed by atoms with van der Waals surface area (Å²) in [7, 11) is 0. The zero-order chi connectivity index (χ0) is 9.97. The van der Waals surface area contributed by atoms with Crippen molar-refractivity contribution in [1.82, 2.24) is 10.2 Å². The van der Waals surface area contributed by atoms with Gasteiger partial charge in [-0.3, -0.25) is 9.69 Å². The average Bonchev–Trinajstić information content (AvgIpc) is 2.50. The van der Waals surface area contributed by atoms with Gasteiger partial charge in [-0.1, -0.05) is 0 Å². The van der Waals surface area contributed by atoms with Gasteiger partial charge in [0.25, 0.3) is 0 Å². The molecule has 0 radical (unpaired) electrons. The molecule has 2 aliphatic rings. The maximum absolute atomic E-state index is 10.6. The number of likely N-dealkylation sites (tertiary alicyclic amines) is 1. The van der Waals surface area contributed by atoms with Gasteiger partial charge >= 0.3 is 5.97 Å². The van der Waals surface area contributed by atoms with E-state index in [1.165, 1.54) is 0 Å². The van der Waals surface area contributed by atoms with E-state index in [0.717, 1.165) is 50.9 Å². The fourth-order valence-corrected chi connectivity index (χ4v) is 2.62. The van der Waals surface area contributed by atoms with Gasteiger partial charge in [-0.25, -0.2) is 0 Å². The molecule has 0 saturated carbocycles. The molecule has 2 saturated heterocycles. The quantitative estimate of drug-likeness (QED) is 0.656. The minimum absolute atomic E-state index is 0.215. The molecule has 0 aliphatic carbocycles. The number of nitrogens with one attached hydrogen (secondary N) is 1. The minimum atomic E-state index is -0.699. The third-order valence-electron chi connectivity index (χ3n) is 3.47. The molecule has 14 heavy (non-hydrogen) atoms. The monoisotopic (exact) mass is 198 g/mol. The van der Waals surface area contributed by atoms with Gasteiger partial charge in [0.15, 0.2) is 0 Å². The second kappa shape index (κ2) is 4.28. The Labute approximate surface area is 84.3 Å². The van der Waals surface area contributed by atoms with Crippen molar-refractivity contribution in [3.63, 3.8) is 0 Å². The zero-order valence-corrected chi connectivity index (χ0v) is 8.41. The van der Waals surface area contributed by atoms with Gasteiger partial charge in [-0.05, 0) is 50.9 Å². The highest BCUT2D eigenvalue weighted by atomic mass is 16.4. The van der Waals surface area contributed by atoms with Crippen molar-refractivity contribution in [2.45, 2.75) is 12.8 Å². The van der Waals surface area contributed by atoms with Crippen molar-refractivity contribution >= 4 is 5.97 Å². The van der Waals surface area contributed by atoms with Gasteiger partial charge in [0.05, 0.1) is 6.54 Å². The second-order valence-electron chi connectivity index (χ2n) is 4.43. The highest BCUT2D eigenvalue weighted by Crippen LogP contribution is 2.26. The molecule has 0 amide bonds. The molecule has 4 heteroatoms. The lowest BCUT2D eigenvalue weighted by atomic mass is 9.92. The number of aliphatic carboxylic acids is 1. The van der Waals surface area contributed by atoms with E-state index in [0.29, 0.717) is 0 Å². The molecule has 2 heterocycles. The first-order chi connectivity index (χ1) is 6.75. The molecule has 2 aliphatic heterocycles. The highest BCUT2D eigenvalue weighted by Gasteiger charge is 2.30. The molecular weight excluding hydrogens is 180 g/mol. The van der Waals surface area contributed by atoms with Crippen LogP contribution in [0.25, 0.3) is 0 Å². The number of carboxylic acid groups (broad SMARTS) is 1. The Morgan fingerprint density at radius 1 is 1.29 bits per heavy atom. The van der Waals surface area contributed by atoms with Crippen molar-refractivity contribution in [1.29, 1.82) is 0 Å². The van der Waals surface area contributed by atoms with Crippen LogP contribution in [-0.2, 0) is 4.79 Å². The van der Waals surface area contributed by atoms with Crippen molar-refractivity contribution < 1.29 is 9.90 Å². The van der Waals surface area contributed by atoms with E-state index in [1.807, 2.05) is 0 Å². The molecule has 2 atom stereocenters. The van der Waals surface area contributed by atoms with E-state index in [2.05, 4.69) is 10.2 Å². The summed E-state index contributed by atoms with van der Waals surface area (Å²) < 4.78 is 0. The number of nitrogens with zero attached hydrogens (tertiary/aromatic N) is 1. The smallest absolute Gasteiger partial charge is 0.317 e. The SMILES string of the molecule is O=C(O)CN1CCC2CNCC2CC1. The molecule has 80 valence electrons. The van der Waals surface area contributed by atoms with Crippen LogP contribution >= 0.6 is 0 Å². The molecule has 2 rings (SSSR count). The van der Waals surface area contributed by atoms with Crippen LogP contribution in [0.3, 0.4) is 0 Å². The van der Waals surface area contributed by atoms with Crippen LogP contribution in [0.2, 0.25) is 0 Å². The lowest BCUT2D eigenvalue weighted by molar-refractivity contribution is -0.138. The van der Waals surface area contributed by atoms with Crippen molar-refractivity contribution in [3.05, 3.63) is 0 Å². The van der Waals surface area contributed by atoms with E-state index < -0.39 is 5.97 Å². The number of hydrogen-bond acceptors (Lipinski definition) is 3. The third kappa shape index (κ3) is 2.25. The molecular formula is C10H18N2O2. The normalized spacial score (nSPS) is 33.7. The molecule has 2 N–H and O–H groups in total. The summed E-state index contributed by atoms with van der Waals surface area (Å²) in [5, 5.41) is 12.1. The largest absolute Gasteiger partial charge is 0.480 e. The number of rotatable bonds is 2. The van der Waals surface area contributed by atoms with Crippen LogP contribution < -0.4 is 5.32 Å². The second-order valence-corrected chi connectivity index (χ2v) is 4.43. The lowest BCUT2D eigenvalue weighted by Crippen LogP contribution is -2.31. The van der Waals surface area contributed by atoms with E-state index in [9.17, 15) is 4.79 Å². The molecule has 0 spiro atoms. The maximum Gasteiger partial charge on any atom is 0.317 e. The average molecular weight is 198 g/mol. The van der Waals surface area contributed by atoms with Crippen LogP contribution in [-0.4, -0.2) is 48.7 Å². The van der Waals surface area contributed by atoms with E-state index >= 15 is 0 Å². The molecule has 0 aromatic rings. The molecule has 2 fully saturated rings. The lowest BCUT2D eigenvalue weighted by Gasteiger charge is -2.17. The van der Waals surface area contributed by atoms with Crippen LogP contribution in [0, 0.1) is 11.8 Å².